The van der Waals surface area contributed by atoms with Gasteiger partial charge in [0.05, 0.1) is 10.8 Å². The van der Waals surface area contributed by atoms with E-state index in [2.05, 4.69) is 0 Å². The molecule has 0 aliphatic carbocycles. The molecule has 2 atom stereocenters. The number of benzene rings is 1. The fourth-order valence-corrected chi connectivity index (χ4v) is 3.87. The number of carbonyl (C=O) groups is 2. The van der Waals surface area contributed by atoms with Gasteiger partial charge in [0.15, 0.2) is 0 Å². The van der Waals surface area contributed by atoms with E-state index in [1.807, 2.05) is 48.7 Å². The van der Waals surface area contributed by atoms with Crippen molar-refractivity contribution in [2.75, 3.05) is 6.54 Å². The maximum Gasteiger partial charge on any atom is 0.264 e. The maximum atomic E-state index is 12.8. The van der Waals surface area contributed by atoms with Gasteiger partial charge < -0.3 is 10.6 Å². The molecule has 4 nitrogen and oxygen atoms in total. The Kier molecular flexibility index (Phi) is 4.48. The number of hydrogen-bond donors (Lipinski definition) is 1. The van der Waals surface area contributed by atoms with E-state index in [1.54, 1.807) is 4.90 Å². The lowest BCUT2D eigenvalue weighted by Gasteiger charge is -2.36. The van der Waals surface area contributed by atoms with Crippen molar-refractivity contribution in [2.24, 2.45) is 11.7 Å². The second-order valence-electron chi connectivity index (χ2n) is 6.05. The maximum absolute atomic E-state index is 12.8. The van der Waals surface area contributed by atoms with E-state index in [1.165, 1.54) is 11.3 Å². The van der Waals surface area contributed by atoms with E-state index in [-0.39, 0.29) is 23.8 Å². The van der Waals surface area contributed by atoms with Gasteiger partial charge in [-0.05, 0) is 42.3 Å². The van der Waals surface area contributed by atoms with Crippen LogP contribution in [-0.2, 0) is 4.79 Å². The molecular formula is C18H20N2O2S. The van der Waals surface area contributed by atoms with Crippen LogP contribution in [0.3, 0.4) is 0 Å². The van der Waals surface area contributed by atoms with Gasteiger partial charge in [-0.2, -0.15) is 0 Å². The third kappa shape index (κ3) is 3.29. The van der Waals surface area contributed by atoms with E-state index in [0.29, 0.717) is 11.4 Å². The van der Waals surface area contributed by atoms with Gasteiger partial charge in [-0.25, -0.2) is 0 Å². The molecule has 2 aromatic rings. The highest BCUT2D eigenvalue weighted by Crippen LogP contribution is 2.29. The number of amides is 2. The SMILES string of the molecule is C[C@@H]1CC[C@H](C(N)=O)CN1C(=O)c1cc(-c2ccccc2)cs1. The lowest BCUT2D eigenvalue weighted by Crippen LogP contribution is -2.48. The molecule has 0 saturated carbocycles. The Morgan fingerprint density at radius 2 is 1.91 bits per heavy atom. The molecular weight excluding hydrogens is 308 g/mol. The first-order valence-corrected chi connectivity index (χ1v) is 8.68. The minimum Gasteiger partial charge on any atom is -0.369 e. The van der Waals surface area contributed by atoms with Gasteiger partial charge in [0.1, 0.15) is 0 Å². The summed E-state index contributed by atoms with van der Waals surface area (Å²) in [5.41, 5.74) is 7.57. The minimum absolute atomic E-state index is 0.00405. The fraction of sp³-hybridized carbons (Fsp3) is 0.333. The van der Waals surface area contributed by atoms with Gasteiger partial charge in [-0.15, -0.1) is 11.3 Å². The summed E-state index contributed by atoms with van der Waals surface area (Å²) in [5.74, 6) is -0.551. The summed E-state index contributed by atoms with van der Waals surface area (Å²) in [5, 5.41) is 2.00. The van der Waals surface area contributed by atoms with E-state index in [0.717, 1.165) is 24.0 Å². The summed E-state index contributed by atoms with van der Waals surface area (Å²) in [6, 6.07) is 12.1. The van der Waals surface area contributed by atoms with Crippen molar-refractivity contribution in [3.8, 4) is 11.1 Å². The Morgan fingerprint density at radius 3 is 2.61 bits per heavy atom. The van der Waals surface area contributed by atoms with Gasteiger partial charge in [-0.3, -0.25) is 9.59 Å². The molecule has 0 unspecified atom stereocenters. The molecule has 2 N–H and O–H groups in total. The summed E-state index contributed by atoms with van der Waals surface area (Å²) < 4.78 is 0. The summed E-state index contributed by atoms with van der Waals surface area (Å²) in [4.78, 5) is 26.7. The normalized spacial score (nSPS) is 21.2. The molecule has 23 heavy (non-hydrogen) atoms. The largest absolute Gasteiger partial charge is 0.369 e. The highest BCUT2D eigenvalue weighted by Gasteiger charge is 2.32. The topological polar surface area (TPSA) is 63.4 Å². The van der Waals surface area contributed by atoms with Crippen LogP contribution in [0.1, 0.15) is 29.4 Å². The summed E-state index contributed by atoms with van der Waals surface area (Å²) in [6.07, 6.45) is 1.58. The summed E-state index contributed by atoms with van der Waals surface area (Å²) in [6.45, 7) is 2.45. The zero-order valence-corrected chi connectivity index (χ0v) is 13.9. The molecule has 1 aromatic heterocycles. The molecule has 2 amide bonds. The molecule has 1 aliphatic heterocycles. The van der Waals surface area contributed by atoms with E-state index in [4.69, 9.17) is 5.73 Å². The molecule has 1 fully saturated rings. The van der Waals surface area contributed by atoms with Crippen molar-refractivity contribution in [1.29, 1.82) is 0 Å². The highest BCUT2D eigenvalue weighted by atomic mass is 32.1. The van der Waals surface area contributed by atoms with Gasteiger partial charge in [0.2, 0.25) is 5.91 Å². The highest BCUT2D eigenvalue weighted by molar-refractivity contribution is 7.12. The molecule has 0 spiro atoms. The first-order valence-electron chi connectivity index (χ1n) is 7.80. The average Bonchev–Trinajstić information content (AvgIpc) is 3.05. The molecule has 1 aromatic carbocycles. The van der Waals surface area contributed by atoms with Crippen molar-refractivity contribution >= 4 is 23.2 Å². The number of likely N-dealkylation sites (tertiary alicyclic amines) is 1. The van der Waals surface area contributed by atoms with Gasteiger partial charge in [0, 0.05) is 12.6 Å². The number of rotatable bonds is 3. The molecule has 1 saturated heterocycles. The monoisotopic (exact) mass is 328 g/mol. The second kappa shape index (κ2) is 6.54. The Hall–Kier alpha value is -2.14. The zero-order chi connectivity index (χ0) is 16.4. The van der Waals surface area contributed by atoms with Crippen molar-refractivity contribution in [1.82, 2.24) is 4.90 Å². The van der Waals surface area contributed by atoms with Crippen molar-refractivity contribution < 1.29 is 9.59 Å². The van der Waals surface area contributed by atoms with Crippen LogP contribution in [0.5, 0.6) is 0 Å². The number of piperidine rings is 1. The van der Waals surface area contributed by atoms with Crippen LogP contribution < -0.4 is 5.73 Å². The Morgan fingerprint density at radius 1 is 1.17 bits per heavy atom. The molecule has 3 rings (SSSR count). The first kappa shape index (κ1) is 15.7. The lowest BCUT2D eigenvalue weighted by atomic mass is 9.93. The Bertz CT molecular complexity index is 711. The van der Waals surface area contributed by atoms with Crippen LogP contribution >= 0.6 is 11.3 Å². The second-order valence-corrected chi connectivity index (χ2v) is 6.96. The first-order chi connectivity index (χ1) is 11.1. The van der Waals surface area contributed by atoms with Crippen LogP contribution in [0.2, 0.25) is 0 Å². The minimum atomic E-state index is -0.314. The van der Waals surface area contributed by atoms with Gasteiger partial charge in [-0.1, -0.05) is 30.3 Å². The van der Waals surface area contributed by atoms with Crippen molar-refractivity contribution in [2.45, 2.75) is 25.8 Å². The molecule has 0 radical (unpaired) electrons. The number of nitrogens with two attached hydrogens (primary N) is 1. The van der Waals surface area contributed by atoms with Crippen LogP contribution in [0.15, 0.2) is 41.8 Å². The van der Waals surface area contributed by atoms with E-state index in [9.17, 15) is 9.59 Å². The average molecular weight is 328 g/mol. The van der Waals surface area contributed by atoms with Crippen LogP contribution in [0, 0.1) is 5.92 Å². The van der Waals surface area contributed by atoms with Crippen LogP contribution in [-0.4, -0.2) is 29.3 Å². The van der Waals surface area contributed by atoms with Gasteiger partial charge in [0.25, 0.3) is 5.91 Å². The van der Waals surface area contributed by atoms with Crippen LogP contribution in [0.25, 0.3) is 11.1 Å². The van der Waals surface area contributed by atoms with E-state index < -0.39 is 0 Å². The number of carbonyl (C=O) groups excluding carboxylic acids is 2. The molecule has 0 bridgehead atoms. The standard InChI is InChI=1S/C18H20N2O2S/c1-12-7-8-14(17(19)21)10-20(12)18(22)16-9-15(11-23-16)13-5-3-2-4-6-13/h2-6,9,11-12,14H,7-8,10H2,1H3,(H2,19,21)/t12-,14+/m1/s1. The number of thiophene rings is 1. The zero-order valence-electron chi connectivity index (χ0n) is 13.1. The number of primary amides is 1. The fourth-order valence-electron chi connectivity index (χ4n) is 2.99. The summed E-state index contributed by atoms with van der Waals surface area (Å²) in [7, 11) is 0. The van der Waals surface area contributed by atoms with E-state index >= 15 is 0 Å². The van der Waals surface area contributed by atoms with Crippen LogP contribution in [0.4, 0.5) is 0 Å². The Labute approximate surface area is 139 Å². The number of hydrogen-bond acceptors (Lipinski definition) is 3. The predicted octanol–water partition coefficient (Wildman–Crippen LogP) is 3.14. The predicted molar refractivity (Wildman–Crippen MR) is 92.2 cm³/mol. The Balaban J connectivity index is 1.80. The van der Waals surface area contributed by atoms with Gasteiger partial charge >= 0.3 is 0 Å². The third-order valence-electron chi connectivity index (χ3n) is 4.46. The third-order valence-corrected chi connectivity index (χ3v) is 5.38. The molecule has 5 heteroatoms. The quantitative estimate of drug-likeness (QED) is 0.941. The lowest BCUT2D eigenvalue weighted by molar-refractivity contribution is -0.123. The smallest absolute Gasteiger partial charge is 0.264 e. The molecule has 1 aliphatic rings. The summed E-state index contributed by atoms with van der Waals surface area (Å²) >= 11 is 1.45. The van der Waals surface area contributed by atoms with Crippen molar-refractivity contribution in [3.63, 3.8) is 0 Å². The molecule has 2 heterocycles. The molecule has 120 valence electrons. The van der Waals surface area contributed by atoms with Crippen molar-refractivity contribution in [3.05, 3.63) is 46.7 Å². The number of nitrogens with zero attached hydrogens (tertiary/aromatic N) is 1.